The second-order valence-corrected chi connectivity index (χ2v) is 8.25. The highest BCUT2D eigenvalue weighted by molar-refractivity contribution is 5.99. The first-order chi connectivity index (χ1) is 15.2. The molecule has 0 aliphatic heterocycles. The molecule has 4 N–H and O–H groups in total. The molecular formula is C25H31Cl2N3O4. The van der Waals surface area contributed by atoms with Crippen LogP contribution in [0.25, 0.3) is 11.1 Å². The van der Waals surface area contributed by atoms with Gasteiger partial charge in [-0.2, -0.15) is 0 Å². The normalized spacial score (nSPS) is 10.4. The first-order valence-corrected chi connectivity index (χ1v) is 10.6. The zero-order chi connectivity index (χ0) is 23.4. The van der Waals surface area contributed by atoms with E-state index in [9.17, 15) is 9.59 Å². The number of hydrogen-bond donors (Lipinski definition) is 2. The summed E-state index contributed by atoms with van der Waals surface area (Å²) in [5, 5.41) is 0. The number of nitrogens with zero attached hydrogens (tertiary/aromatic N) is 1. The van der Waals surface area contributed by atoms with E-state index in [2.05, 4.69) is 13.8 Å². The predicted octanol–water partition coefficient (Wildman–Crippen LogP) is 4.92. The van der Waals surface area contributed by atoms with E-state index >= 15 is 0 Å². The van der Waals surface area contributed by atoms with E-state index in [-0.39, 0.29) is 43.7 Å². The zero-order valence-corrected chi connectivity index (χ0v) is 21.3. The van der Waals surface area contributed by atoms with E-state index in [1.165, 1.54) is 6.07 Å². The van der Waals surface area contributed by atoms with Crippen molar-refractivity contribution < 1.29 is 18.7 Å². The number of primary amides is 1. The number of hydrogen-bond acceptors (Lipinski definition) is 6. The lowest BCUT2D eigenvalue weighted by Gasteiger charge is -2.20. The Bertz CT molecular complexity index is 1140. The van der Waals surface area contributed by atoms with Gasteiger partial charge in [-0.25, -0.2) is 4.79 Å². The molecule has 0 saturated heterocycles. The first-order valence-electron chi connectivity index (χ1n) is 10.6. The molecule has 0 aliphatic rings. The Hall–Kier alpha value is -2.87. The third kappa shape index (κ3) is 6.59. The van der Waals surface area contributed by atoms with Crippen molar-refractivity contribution in [1.82, 2.24) is 4.98 Å². The van der Waals surface area contributed by atoms with Gasteiger partial charge in [-0.1, -0.05) is 43.7 Å². The molecule has 0 unspecified atom stereocenters. The molecule has 7 nitrogen and oxygen atoms in total. The number of halogens is 2. The summed E-state index contributed by atoms with van der Waals surface area (Å²) < 4.78 is 10.8. The SMILES string of the molecule is Cc1ccc(-c2c(CN)c(CC(C)C)nc(C)c2C(=O)OCc2ccc(C(N)=O)o2)cc1.Cl.Cl. The van der Waals surface area contributed by atoms with Crippen LogP contribution >= 0.6 is 24.8 Å². The molecular weight excluding hydrogens is 477 g/mol. The van der Waals surface area contributed by atoms with Gasteiger partial charge in [-0.15, -0.1) is 24.8 Å². The van der Waals surface area contributed by atoms with Gasteiger partial charge in [0.15, 0.2) is 5.76 Å². The highest BCUT2D eigenvalue weighted by Crippen LogP contribution is 2.33. The largest absolute Gasteiger partial charge is 0.454 e. The van der Waals surface area contributed by atoms with Crippen molar-refractivity contribution in [2.24, 2.45) is 17.4 Å². The van der Waals surface area contributed by atoms with Gasteiger partial charge >= 0.3 is 5.97 Å². The smallest absolute Gasteiger partial charge is 0.341 e. The summed E-state index contributed by atoms with van der Waals surface area (Å²) in [6, 6.07) is 10.9. The van der Waals surface area contributed by atoms with Crippen molar-refractivity contribution in [2.45, 2.75) is 47.3 Å². The average Bonchev–Trinajstić information content (AvgIpc) is 3.21. The summed E-state index contributed by atoms with van der Waals surface area (Å²) >= 11 is 0. The minimum atomic E-state index is -0.683. The van der Waals surface area contributed by atoms with Gasteiger partial charge in [0.25, 0.3) is 5.91 Å². The first kappa shape index (κ1) is 29.2. The lowest BCUT2D eigenvalue weighted by atomic mass is 9.90. The third-order valence-corrected chi connectivity index (χ3v) is 5.16. The molecule has 0 fully saturated rings. The van der Waals surface area contributed by atoms with Gasteiger partial charge in [-0.3, -0.25) is 9.78 Å². The Morgan fingerprint density at radius 3 is 2.24 bits per heavy atom. The number of amides is 1. The summed E-state index contributed by atoms with van der Waals surface area (Å²) in [6.45, 7) is 8.16. The number of aromatic nitrogens is 1. The lowest BCUT2D eigenvalue weighted by molar-refractivity contribution is 0.0443. The number of carbonyl (C=O) groups is 2. The third-order valence-electron chi connectivity index (χ3n) is 5.16. The summed E-state index contributed by atoms with van der Waals surface area (Å²) in [5.74, 6) is -0.497. The van der Waals surface area contributed by atoms with Gasteiger partial charge < -0.3 is 20.6 Å². The average molecular weight is 508 g/mol. The van der Waals surface area contributed by atoms with Gasteiger partial charge in [0.1, 0.15) is 12.4 Å². The van der Waals surface area contributed by atoms with E-state index in [1.807, 2.05) is 31.2 Å². The molecule has 2 aromatic heterocycles. The molecule has 9 heteroatoms. The maximum absolute atomic E-state index is 13.2. The molecule has 184 valence electrons. The monoisotopic (exact) mass is 507 g/mol. The summed E-state index contributed by atoms with van der Waals surface area (Å²) in [5.41, 5.74) is 16.8. The standard InChI is InChI=1S/C25H29N3O4.2ClH/c1-14(2)11-20-19(12-26)23(17-7-5-15(3)6-8-17)22(16(4)28-20)25(30)31-13-18-9-10-21(32-18)24(27)29;;/h5-10,14H,11-13,26H2,1-4H3,(H2,27,29);2*1H. The van der Waals surface area contributed by atoms with Crippen LogP contribution in [-0.4, -0.2) is 16.9 Å². The van der Waals surface area contributed by atoms with Crippen molar-refractivity contribution in [3.8, 4) is 11.1 Å². The van der Waals surface area contributed by atoms with Crippen LogP contribution < -0.4 is 11.5 Å². The summed E-state index contributed by atoms with van der Waals surface area (Å²) in [7, 11) is 0. The number of benzene rings is 1. The number of carbonyl (C=O) groups excluding carboxylic acids is 2. The van der Waals surface area contributed by atoms with Crippen LogP contribution in [0.5, 0.6) is 0 Å². The highest BCUT2D eigenvalue weighted by atomic mass is 35.5. The van der Waals surface area contributed by atoms with Crippen LogP contribution in [0, 0.1) is 19.8 Å². The molecule has 0 aliphatic carbocycles. The molecule has 3 rings (SSSR count). The molecule has 1 amide bonds. The van der Waals surface area contributed by atoms with Crippen molar-refractivity contribution in [3.63, 3.8) is 0 Å². The Balaban J connectivity index is 0.00000289. The molecule has 34 heavy (non-hydrogen) atoms. The Morgan fingerprint density at radius 2 is 1.71 bits per heavy atom. The molecule has 1 aromatic carbocycles. The second-order valence-electron chi connectivity index (χ2n) is 8.25. The topological polar surface area (TPSA) is 121 Å². The molecule has 3 aromatic rings. The van der Waals surface area contributed by atoms with Crippen molar-refractivity contribution in [2.75, 3.05) is 0 Å². The van der Waals surface area contributed by atoms with Gasteiger partial charge in [0.05, 0.1) is 11.3 Å². The van der Waals surface area contributed by atoms with E-state index in [0.29, 0.717) is 22.9 Å². The number of ether oxygens (including phenoxy) is 1. The van der Waals surface area contributed by atoms with E-state index in [1.54, 1.807) is 13.0 Å². The fraction of sp³-hybridized carbons (Fsp3) is 0.320. The number of pyridine rings is 1. The highest BCUT2D eigenvalue weighted by Gasteiger charge is 2.25. The van der Waals surface area contributed by atoms with Crippen molar-refractivity contribution >= 4 is 36.7 Å². The summed E-state index contributed by atoms with van der Waals surface area (Å²) in [4.78, 5) is 29.2. The minimum Gasteiger partial charge on any atom is -0.454 e. The number of nitrogens with two attached hydrogens (primary N) is 2. The fourth-order valence-electron chi connectivity index (χ4n) is 3.66. The maximum Gasteiger partial charge on any atom is 0.341 e. The zero-order valence-electron chi connectivity index (χ0n) is 19.7. The van der Waals surface area contributed by atoms with Crippen LogP contribution in [0.2, 0.25) is 0 Å². The number of esters is 1. The molecule has 0 spiro atoms. The minimum absolute atomic E-state index is 0. The Labute approximate surface area is 212 Å². The predicted molar refractivity (Wildman–Crippen MR) is 136 cm³/mol. The van der Waals surface area contributed by atoms with Crippen LogP contribution in [0.15, 0.2) is 40.8 Å². The molecule has 2 heterocycles. The van der Waals surface area contributed by atoms with E-state index in [0.717, 1.165) is 34.4 Å². The Kier molecular flexibility index (Phi) is 10.8. The fourth-order valence-corrected chi connectivity index (χ4v) is 3.66. The van der Waals surface area contributed by atoms with Crippen LogP contribution in [0.1, 0.15) is 63.0 Å². The maximum atomic E-state index is 13.2. The van der Waals surface area contributed by atoms with Gasteiger partial charge in [0.2, 0.25) is 0 Å². The number of rotatable bonds is 8. The molecule has 0 saturated carbocycles. The van der Waals surface area contributed by atoms with Gasteiger partial charge in [0, 0.05) is 17.8 Å². The van der Waals surface area contributed by atoms with Crippen molar-refractivity contribution in [1.29, 1.82) is 0 Å². The van der Waals surface area contributed by atoms with Gasteiger partial charge in [-0.05, 0) is 49.4 Å². The molecule has 0 radical (unpaired) electrons. The quantitative estimate of drug-likeness (QED) is 0.417. The van der Waals surface area contributed by atoms with Crippen molar-refractivity contribution in [3.05, 3.63) is 76.0 Å². The number of furan rings is 1. The van der Waals surface area contributed by atoms with Crippen LogP contribution in [-0.2, 0) is 24.3 Å². The second kappa shape index (κ2) is 12.6. The Morgan fingerprint density at radius 1 is 1.06 bits per heavy atom. The summed E-state index contributed by atoms with van der Waals surface area (Å²) in [6.07, 6.45) is 0.754. The molecule has 0 atom stereocenters. The van der Waals surface area contributed by atoms with Crippen LogP contribution in [0.4, 0.5) is 0 Å². The van der Waals surface area contributed by atoms with E-state index < -0.39 is 11.9 Å². The lowest BCUT2D eigenvalue weighted by Crippen LogP contribution is -2.17. The van der Waals surface area contributed by atoms with Crippen LogP contribution in [0.3, 0.4) is 0 Å². The number of aryl methyl sites for hydroxylation is 2. The van der Waals surface area contributed by atoms with E-state index in [4.69, 9.17) is 25.6 Å². The molecule has 0 bridgehead atoms.